The number of nitrogens with zero attached hydrogens (tertiary/aromatic N) is 1. The fraction of sp³-hybridized carbons (Fsp3) is 0.618. The summed E-state index contributed by atoms with van der Waals surface area (Å²) < 4.78 is 4.98. The lowest BCUT2D eigenvalue weighted by molar-refractivity contribution is -0.142. The Labute approximate surface area is 282 Å². The lowest BCUT2D eigenvalue weighted by Crippen LogP contribution is -2.54. The average molecular weight is 673 g/mol. The quantitative estimate of drug-likeness (QED) is 0.0888. The van der Waals surface area contributed by atoms with E-state index in [4.69, 9.17) is 10.5 Å². The van der Waals surface area contributed by atoms with Crippen molar-refractivity contribution >= 4 is 47.2 Å². The molecule has 0 saturated carbocycles. The molecule has 0 spiro atoms. The van der Waals surface area contributed by atoms with E-state index in [1.807, 2.05) is 20.8 Å². The van der Waals surface area contributed by atoms with Crippen molar-refractivity contribution in [1.29, 1.82) is 0 Å². The summed E-state index contributed by atoms with van der Waals surface area (Å²) in [6, 6.07) is 4.08. The van der Waals surface area contributed by atoms with Crippen LogP contribution < -0.4 is 27.0 Å². The van der Waals surface area contributed by atoms with Crippen LogP contribution in [-0.4, -0.2) is 71.6 Å². The maximum atomic E-state index is 13.4. The fourth-order valence-electron chi connectivity index (χ4n) is 5.25. The van der Waals surface area contributed by atoms with Crippen molar-refractivity contribution in [3.05, 3.63) is 29.8 Å². The summed E-state index contributed by atoms with van der Waals surface area (Å²) in [5.74, 6) is -2.67. The van der Waals surface area contributed by atoms with Gasteiger partial charge in [-0.15, -0.1) is 0 Å². The number of esters is 1. The van der Waals surface area contributed by atoms with E-state index in [-0.39, 0.29) is 67.4 Å². The molecule has 48 heavy (non-hydrogen) atoms. The number of rotatable bonds is 18. The van der Waals surface area contributed by atoms with Gasteiger partial charge < -0.3 is 31.7 Å². The van der Waals surface area contributed by atoms with Crippen molar-refractivity contribution in [3.63, 3.8) is 0 Å². The maximum absolute atomic E-state index is 13.4. The molecule has 0 bridgehead atoms. The highest BCUT2D eigenvalue weighted by Crippen LogP contribution is 2.35. The van der Waals surface area contributed by atoms with Gasteiger partial charge in [-0.3, -0.25) is 33.7 Å². The Balaban J connectivity index is 1.93. The number of hydrogen-bond donors (Lipinski definition) is 5. The Kier molecular flexibility index (Phi) is 15.5. The second-order valence-corrected chi connectivity index (χ2v) is 13.6. The summed E-state index contributed by atoms with van der Waals surface area (Å²) in [6.07, 6.45) is 2.60. The molecule has 0 aromatic heterocycles. The van der Waals surface area contributed by atoms with Crippen LogP contribution in [0, 0.1) is 17.3 Å². The number of primary amides is 1. The molecule has 2 unspecified atom stereocenters. The molecule has 1 heterocycles. The molecule has 14 heteroatoms. The molecule has 0 aliphatic carbocycles. The number of unbranched alkanes of at least 4 members (excludes halogenated alkanes) is 2. The molecule has 1 aliphatic rings. The number of hydrogen-bond acceptors (Lipinski definition) is 8. The highest BCUT2D eigenvalue weighted by Gasteiger charge is 2.44. The van der Waals surface area contributed by atoms with E-state index in [0.29, 0.717) is 37.9 Å². The average Bonchev–Trinajstić information content (AvgIpc) is 3.29. The molecular weight excluding hydrogens is 620 g/mol. The van der Waals surface area contributed by atoms with Crippen LogP contribution in [0.25, 0.3) is 0 Å². The number of benzene rings is 1. The molecule has 1 aromatic carbocycles. The minimum Gasteiger partial charge on any atom is -0.461 e. The number of imide groups is 1. The Morgan fingerprint density at radius 1 is 0.958 bits per heavy atom. The number of nitrogens with one attached hydrogen (secondary N) is 4. The molecule has 7 amide bonds. The topological polar surface area (TPSA) is 206 Å². The maximum Gasteiger partial charge on any atom is 0.312 e. The van der Waals surface area contributed by atoms with Gasteiger partial charge in [-0.25, -0.2) is 4.79 Å². The van der Waals surface area contributed by atoms with Gasteiger partial charge in [0.2, 0.25) is 29.5 Å². The third-order valence-electron chi connectivity index (χ3n) is 8.11. The number of amides is 7. The van der Waals surface area contributed by atoms with E-state index >= 15 is 0 Å². The van der Waals surface area contributed by atoms with Gasteiger partial charge in [0.1, 0.15) is 18.7 Å². The Morgan fingerprint density at radius 3 is 2.19 bits per heavy atom. The van der Waals surface area contributed by atoms with Crippen LogP contribution in [0.5, 0.6) is 0 Å². The number of likely N-dealkylation sites (tertiary alicyclic amines) is 1. The first-order valence-corrected chi connectivity index (χ1v) is 16.5. The predicted molar refractivity (Wildman–Crippen MR) is 179 cm³/mol. The van der Waals surface area contributed by atoms with Gasteiger partial charge in [0.05, 0.1) is 5.92 Å². The zero-order valence-electron chi connectivity index (χ0n) is 29.0. The third-order valence-corrected chi connectivity index (χ3v) is 8.11. The SMILES string of the molecule is CC(=O)OCc1ccc(NC(=O)[C@H](CCCNC(N)=O)NC(=O)C(NC(=O)CCCCCN2C(=O)CC(C(C)(C)C)C2=O)C(C)C)cc1. The third kappa shape index (κ3) is 13.3. The van der Waals surface area contributed by atoms with Crippen LogP contribution >= 0.6 is 0 Å². The lowest BCUT2D eigenvalue weighted by atomic mass is 9.80. The summed E-state index contributed by atoms with van der Waals surface area (Å²) >= 11 is 0. The Morgan fingerprint density at radius 2 is 1.62 bits per heavy atom. The van der Waals surface area contributed by atoms with E-state index in [9.17, 15) is 33.6 Å². The zero-order chi connectivity index (χ0) is 36.0. The zero-order valence-corrected chi connectivity index (χ0v) is 29.0. The minimum atomic E-state index is -0.986. The molecule has 0 radical (unpaired) electrons. The van der Waals surface area contributed by atoms with Gasteiger partial charge in [0, 0.05) is 38.5 Å². The summed E-state index contributed by atoms with van der Waals surface area (Å²) in [4.78, 5) is 88.0. The van der Waals surface area contributed by atoms with Crippen molar-refractivity contribution in [2.45, 2.75) is 105 Å². The smallest absolute Gasteiger partial charge is 0.312 e. The molecule has 2 rings (SSSR count). The van der Waals surface area contributed by atoms with E-state index in [2.05, 4.69) is 21.3 Å². The molecular formula is C34H52N6O8. The molecule has 14 nitrogen and oxygen atoms in total. The number of ether oxygens (including phenoxy) is 1. The number of anilines is 1. The number of carbonyl (C=O) groups is 7. The molecule has 1 fully saturated rings. The van der Waals surface area contributed by atoms with Crippen molar-refractivity contribution in [1.82, 2.24) is 20.9 Å². The van der Waals surface area contributed by atoms with Gasteiger partial charge in [0.15, 0.2) is 0 Å². The summed E-state index contributed by atoms with van der Waals surface area (Å²) in [5, 5.41) is 10.8. The van der Waals surface area contributed by atoms with Crippen LogP contribution in [0.1, 0.15) is 92.1 Å². The van der Waals surface area contributed by atoms with Crippen LogP contribution in [0.2, 0.25) is 0 Å². The summed E-state index contributed by atoms with van der Waals surface area (Å²) in [6.45, 7) is 11.3. The normalized spacial score (nSPS) is 15.9. The first-order valence-electron chi connectivity index (χ1n) is 16.5. The van der Waals surface area contributed by atoms with E-state index in [1.54, 1.807) is 38.1 Å². The molecule has 3 atom stereocenters. The van der Waals surface area contributed by atoms with Crippen LogP contribution in [0.4, 0.5) is 10.5 Å². The monoisotopic (exact) mass is 672 g/mol. The Bertz CT molecular complexity index is 1310. The molecule has 1 aliphatic heterocycles. The van der Waals surface area contributed by atoms with Crippen molar-refractivity contribution in [3.8, 4) is 0 Å². The Hall–Kier alpha value is -4.49. The van der Waals surface area contributed by atoms with E-state index in [0.717, 1.165) is 5.56 Å². The van der Waals surface area contributed by atoms with Crippen LogP contribution in [0.15, 0.2) is 24.3 Å². The van der Waals surface area contributed by atoms with Crippen molar-refractivity contribution in [2.75, 3.05) is 18.4 Å². The van der Waals surface area contributed by atoms with Crippen molar-refractivity contribution < 1.29 is 38.3 Å². The fourth-order valence-corrected chi connectivity index (χ4v) is 5.25. The second kappa shape index (κ2) is 18.7. The number of carbonyl (C=O) groups excluding carboxylic acids is 7. The minimum absolute atomic E-state index is 0.0933. The van der Waals surface area contributed by atoms with Gasteiger partial charge in [-0.1, -0.05) is 53.2 Å². The summed E-state index contributed by atoms with van der Waals surface area (Å²) in [5.41, 5.74) is 6.04. The van der Waals surface area contributed by atoms with Crippen LogP contribution in [0.3, 0.4) is 0 Å². The standard InChI is InChI=1S/C34H52N6O8/c1-21(2)29(39-27(42)12-8-7-9-18-40-28(43)19-25(32(40)46)34(4,5)6)31(45)38-26(11-10-17-36-33(35)47)30(44)37-24-15-13-23(14-16-24)20-48-22(3)41/h13-16,21,25-26,29H,7-12,17-20H2,1-6H3,(H,37,44)(H,38,45)(H,39,42)(H3,35,36,47)/t25?,26-,29?/m0/s1. The van der Waals surface area contributed by atoms with Crippen molar-refractivity contribution in [2.24, 2.45) is 23.0 Å². The number of urea groups is 1. The highest BCUT2D eigenvalue weighted by molar-refractivity contribution is 6.04. The van der Waals surface area contributed by atoms with Gasteiger partial charge >= 0.3 is 12.0 Å². The largest absolute Gasteiger partial charge is 0.461 e. The molecule has 266 valence electrons. The van der Waals surface area contributed by atoms with Gasteiger partial charge in [-0.05, 0) is 54.7 Å². The molecule has 1 saturated heterocycles. The second-order valence-electron chi connectivity index (χ2n) is 13.6. The van der Waals surface area contributed by atoms with Gasteiger partial charge in [0.25, 0.3) is 0 Å². The van der Waals surface area contributed by atoms with E-state index in [1.165, 1.54) is 11.8 Å². The number of nitrogens with two attached hydrogens (primary N) is 1. The predicted octanol–water partition coefficient (Wildman–Crippen LogP) is 2.74. The first kappa shape index (κ1) is 39.7. The molecule has 6 N–H and O–H groups in total. The summed E-state index contributed by atoms with van der Waals surface area (Å²) in [7, 11) is 0. The van der Waals surface area contributed by atoms with Gasteiger partial charge in [-0.2, -0.15) is 0 Å². The van der Waals surface area contributed by atoms with Crippen LogP contribution in [-0.2, 0) is 40.1 Å². The molecule has 1 aromatic rings. The lowest BCUT2D eigenvalue weighted by Gasteiger charge is -2.25. The van der Waals surface area contributed by atoms with E-state index < -0.39 is 35.9 Å². The first-order chi connectivity index (χ1) is 22.5. The highest BCUT2D eigenvalue weighted by atomic mass is 16.5.